The molecule has 0 saturated heterocycles. The molecule has 4 unspecified atom stereocenters. The van der Waals surface area contributed by atoms with E-state index in [0.717, 1.165) is 52.8 Å². The zero-order valence-corrected chi connectivity index (χ0v) is 30.4. The first-order chi connectivity index (χ1) is 24.5. The Balaban J connectivity index is 1.15. The number of fused-ring (bicyclic) bond motifs is 6. The molecule has 0 aromatic heterocycles. The van der Waals surface area contributed by atoms with Gasteiger partial charge in [-0.1, -0.05) is 108 Å². The van der Waals surface area contributed by atoms with Crippen LogP contribution in [0.2, 0.25) is 0 Å². The fourth-order valence-corrected chi connectivity index (χ4v) is 8.09. The molecule has 5 aromatic rings. The summed E-state index contributed by atoms with van der Waals surface area (Å²) >= 11 is 0. The van der Waals surface area contributed by atoms with E-state index in [4.69, 9.17) is 19.5 Å². The quantitative estimate of drug-likeness (QED) is 0.187. The fourth-order valence-electron chi connectivity index (χ4n) is 8.09. The number of benzene rings is 5. The molecule has 0 saturated carbocycles. The van der Waals surface area contributed by atoms with Crippen LogP contribution in [0.4, 0.5) is 17.1 Å². The standard InChI is InChI=1S/C46H45N3O2/c1-45(2,3)32-25-33(46(4,5)6)27-36(26-32)49(34-17-11-15-30(21-34)43-47-41-37-19-9-7-13-28(37)23-39(41)50-43)35-18-12-16-31(22-35)44-48-42-38-20-10-8-14-29(38)24-40(42)51-44/h7-22,25-27,39-42H,23-24H2,1-6H3. The fraction of sp³-hybridized carbons (Fsp3) is 0.304. The molecule has 0 N–H and O–H groups in total. The minimum absolute atomic E-state index is 0.0353. The molecule has 4 aliphatic rings. The molecule has 2 heterocycles. The Bertz CT molecular complexity index is 2080. The van der Waals surface area contributed by atoms with Gasteiger partial charge in [0.05, 0.1) is 0 Å². The highest BCUT2D eigenvalue weighted by Gasteiger charge is 2.41. The summed E-state index contributed by atoms with van der Waals surface area (Å²) in [5.74, 6) is 1.43. The summed E-state index contributed by atoms with van der Waals surface area (Å²) in [6.45, 7) is 13.7. The molecule has 0 amide bonds. The minimum Gasteiger partial charge on any atom is -0.471 e. The van der Waals surface area contributed by atoms with Gasteiger partial charge in [-0.2, -0.15) is 0 Å². The first-order valence-electron chi connectivity index (χ1n) is 18.3. The summed E-state index contributed by atoms with van der Waals surface area (Å²) < 4.78 is 13.1. The van der Waals surface area contributed by atoms with Gasteiger partial charge in [0, 0.05) is 41.0 Å². The van der Waals surface area contributed by atoms with Crippen molar-refractivity contribution < 1.29 is 9.47 Å². The van der Waals surface area contributed by atoms with Gasteiger partial charge in [0.15, 0.2) is 0 Å². The lowest BCUT2D eigenvalue weighted by molar-refractivity contribution is 0.206. The van der Waals surface area contributed by atoms with Crippen molar-refractivity contribution in [3.8, 4) is 0 Å². The van der Waals surface area contributed by atoms with Gasteiger partial charge in [0.25, 0.3) is 0 Å². The van der Waals surface area contributed by atoms with Crippen LogP contribution in [0, 0.1) is 0 Å². The van der Waals surface area contributed by atoms with E-state index in [1.807, 2.05) is 0 Å². The molecule has 0 fully saturated rings. The van der Waals surface area contributed by atoms with Crippen molar-refractivity contribution in [1.82, 2.24) is 0 Å². The third kappa shape index (κ3) is 5.64. The lowest BCUT2D eigenvalue weighted by Crippen LogP contribution is -2.19. The maximum absolute atomic E-state index is 6.57. The van der Waals surface area contributed by atoms with Crippen LogP contribution in [0.3, 0.4) is 0 Å². The van der Waals surface area contributed by atoms with Crippen LogP contribution in [0.1, 0.15) is 98.1 Å². The molecule has 4 atom stereocenters. The van der Waals surface area contributed by atoms with E-state index in [2.05, 4.69) is 162 Å². The average molecular weight is 672 g/mol. The summed E-state index contributed by atoms with van der Waals surface area (Å²) in [5.41, 5.74) is 12.9. The van der Waals surface area contributed by atoms with Crippen LogP contribution in [0.5, 0.6) is 0 Å². The van der Waals surface area contributed by atoms with Gasteiger partial charge in [0.2, 0.25) is 11.8 Å². The number of anilines is 3. The van der Waals surface area contributed by atoms with E-state index in [1.165, 1.54) is 33.4 Å². The molecule has 9 rings (SSSR count). The monoisotopic (exact) mass is 671 g/mol. The molecular formula is C46H45N3O2. The topological polar surface area (TPSA) is 46.4 Å². The molecule has 0 spiro atoms. The van der Waals surface area contributed by atoms with Crippen molar-refractivity contribution in [1.29, 1.82) is 0 Å². The maximum Gasteiger partial charge on any atom is 0.217 e. The van der Waals surface area contributed by atoms with E-state index in [0.29, 0.717) is 0 Å². The molecule has 2 aliphatic carbocycles. The van der Waals surface area contributed by atoms with E-state index in [-0.39, 0.29) is 35.1 Å². The van der Waals surface area contributed by atoms with Crippen LogP contribution in [0.25, 0.3) is 0 Å². The van der Waals surface area contributed by atoms with Crippen molar-refractivity contribution in [2.45, 2.75) is 89.5 Å². The molecule has 0 bridgehead atoms. The molecule has 0 radical (unpaired) electrons. The van der Waals surface area contributed by atoms with Crippen molar-refractivity contribution >= 4 is 28.9 Å². The summed E-state index contributed by atoms with van der Waals surface area (Å²) in [7, 11) is 0. The van der Waals surface area contributed by atoms with Gasteiger partial charge in [-0.05, 0) is 92.7 Å². The minimum atomic E-state index is -0.0353. The number of hydrogen-bond acceptors (Lipinski definition) is 5. The van der Waals surface area contributed by atoms with Gasteiger partial charge < -0.3 is 14.4 Å². The van der Waals surface area contributed by atoms with Crippen molar-refractivity contribution in [2.75, 3.05) is 4.90 Å². The van der Waals surface area contributed by atoms with Gasteiger partial charge in [-0.15, -0.1) is 0 Å². The highest BCUT2D eigenvalue weighted by Crippen LogP contribution is 2.45. The number of rotatable bonds is 5. The van der Waals surface area contributed by atoms with Crippen LogP contribution in [-0.2, 0) is 33.1 Å². The lowest BCUT2D eigenvalue weighted by atomic mass is 9.80. The summed E-state index contributed by atoms with van der Waals surface area (Å²) in [4.78, 5) is 12.7. The summed E-state index contributed by atoms with van der Waals surface area (Å²) in [6.07, 6.45) is 1.87. The van der Waals surface area contributed by atoms with Gasteiger partial charge >= 0.3 is 0 Å². The predicted octanol–water partition coefficient (Wildman–Crippen LogP) is 10.6. The zero-order valence-electron chi connectivity index (χ0n) is 30.4. The number of ether oxygens (including phenoxy) is 2. The third-order valence-electron chi connectivity index (χ3n) is 10.9. The lowest BCUT2D eigenvalue weighted by Gasteiger charge is -2.31. The maximum atomic E-state index is 6.57. The highest BCUT2D eigenvalue weighted by atomic mass is 16.5. The SMILES string of the molecule is CC(C)(C)c1cc(N(c2cccc(C3=NC4c5ccccc5CC4O3)c2)c2cccc(C3=NC4c5ccccc5CC4O3)c2)cc(C(C)(C)C)c1. The Morgan fingerprint density at radius 3 is 1.41 bits per heavy atom. The summed E-state index contributed by atoms with van der Waals surface area (Å²) in [5, 5.41) is 0. The Kier molecular flexibility index (Phi) is 7.29. The van der Waals surface area contributed by atoms with E-state index < -0.39 is 0 Å². The van der Waals surface area contributed by atoms with Gasteiger partial charge in [-0.3, -0.25) is 0 Å². The van der Waals surface area contributed by atoms with Crippen molar-refractivity contribution in [3.05, 3.63) is 160 Å². The van der Waals surface area contributed by atoms with Crippen LogP contribution in [0.15, 0.2) is 125 Å². The van der Waals surface area contributed by atoms with E-state index in [1.54, 1.807) is 0 Å². The number of aliphatic imine (C=N–C) groups is 2. The second-order valence-electron chi connectivity index (χ2n) is 16.6. The third-order valence-corrected chi connectivity index (χ3v) is 10.9. The summed E-state index contributed by atoms with van der Waals surface area (Å²) in [6, 6.07) is 41.7. The average Bonchev–Trinajstić information content (AvgIpc) is 3.87. The predicted molar refractivity (Wildman–Crippen MR) is 207 cm³/mol. The van der Waals surface area contributed by atoms with Crippen LogP contribution >= 0.6 is 0 Å². The molecule has 5 aromatic carbocycles. The Morgan fingerprint density at radius 2 is 0.961 bits per heavy atom. The van der Waals surface area contributed by atoms with E-state index >= 15 is 0 Å². The van der Waals surface area contributed by atoms with Gasteiger partial charge in [-0.25, -0.2) is 9.98 Å². The second kappa shape index (κ2) is 11.7. The molecule has 5 heteroatoms. The first kappa shape index (κ1) is 31.8. The Labute approximate surface area is 301 Å². The highest BCUT2D eigenvalue weighted by molar-refractivity contribution is 5.99. The molecule has 256 valence electrons. The number of hydrogen-bond donors (Lipinski definition) is 0. The number of nitrogens with zero attached hydrogens (tertiary/aromatic N) is 3. The normalized spacial score (nSPS) is 21.5. The van der Waals surface area contributed by atoms with Crippen LogP contribution < -0.4 is 4.90 Å². The molecule has 51 heavy (non-hydrogen) atoms. The Hall–Kier alpha value is -5.16. The zero-order chi connectivity index (χ0) is 35.1. The van der Waals surface area contributed by atoms with Crippen molar-refractivity contribution in [2.24, 2.45) is 9.98 Å². The van der Waals surface area contributed by atoms with Crippen LogP contribution in [-0.4, -0.2) is 24.0 Å². The van der Waals surface area contributed by atoms with Gasteiger partial charge in [0.1, 0.15) is 24.3 Å². The van der Waals surface area contributed by atoms with Crippen molar-refractivity contribution in [3.63, 3.8) is 0 Å². The molecule has 2 aliphatic heterocycles. The second-order valence-corrected chi connectivity index (χ2v) is 16.6. The molecule has 5 nitrogen and oxygen atoms in total. The first-order valence-corrected chi connectivity index (χ1v) is 18.3. The smallest absolute Gasteiger partial charge is 0.217 e. The van der Waals surface area contributed by atoms with E-state index in [9.17, 15) is 0 Å². The largest absolute Gasteiger partial charge is 0.471 e. The Morgan fingerprint density at radius 1 is 0.510 bits per heavy atom. The molecular weight excluding hydrogens is 627 g/mol.